The highest BCUT2D eigenvalue weighted by atomic mass is 28.3. The van der Waals surface area contributed by atoms with Gasteiger partial charge in [0.2, 0.25) is 0 Å². The van der Waals surface area contributed by atoms with Crippen LogP contribution in [-0.4, -0.2) is 33.2 Å². The van der Waals surface area contributed by atoms with Crippen molar-refractivity contribution in [2.24, 2.45) is 0 Å². The van der Waals surface area contributed by atoms with Gasteiger partial charge in [-0.2, -0.15) is 0 Å². The summed E-state index contributed by atoms with van der Waals surface area (Å²) in [6.45, 7) is 12.1. The smallest absolute Gasteiger partial charge is 0.306 e. The second-order valence-electron chi connectivity index (χ2n) is 10.5. The summed E-state index contributed by atoms with van der Waals surface area (Å²) < 4.78 is 11.4. The summed E-state index contributed by atoms with van der Waals surface area (Å²) in [5.41, 5.74) is -0.275. The topological polar surface area (TPSA) is 52.6 Å². The Labute approximate surface area is 213 Å². The molecule has 0 aliphatic heterocycles. The second kappa shape index (κ2) is 22.6. The molecule has 0 aromatic rings. The Hall–Kier alpha value is -0.843. The predicted octanol–water partition coefficient (Wildman–Crippen LogP) is 9.23. The first-order valence-corrected chi connectivity index (χ1v) is 17.8. The van der Waals surface area contributed by atoms with Crippen LogP contribution in [0.4, 0.5) is 0 Å². The molecule has 0 amide bonds. The number of hydrogen-bond donors (Lipinski definition) is 0. The van der Waals surface area contributed by atoms with Gasteiger partial charge in [-0.05, 0) is 12.8 Å². The number of esters is 2. The van der Waals surface area contributed by atoms with Crippen LogP contribution in [-0.2, 0) is 19.1 Å². The van der Waals surface area contributed by atoms with Gasteiger partial charge in [-0.15, -0.1) is 0 Å². The van der Waals surface area contributed by atoms with Crippen molar-refractivity contribution < 1.29 is 19.1 Å². The zero-order valence-electron chi connectivity index (χ0n) is 23.6. The SMILES string of the molecule is CCCCCCCCOC(=O)CC(C(=O)OCCCCCCCC)[Si](C)(CCCC)CCCC. The van der Waals surface area contributed by atoms with Gasteiger partial charge in [-0.3, -0.25) is 9.59 Å². The monoisotopic (exact) mass is 498 g/mol. The van der Waals surface area contributed by atoms with Crippen LogP contribution in [0, 0.1) is 0 Å². The van der Waals surface area contributed by atoms with Crippen LogP contribution in [0.2, 0.25) is 24.2 Å². The van der Waals surface area contributed by atoms with E-state index in [1.54, 1.807) is 0 Å². The molecule has 0 rings (SSSR count). The fourth-order valence-electron chi connectivity index (χ4n) is 4.70. The van der Waals surface area contributed by atoms with Crippen molar-refractivity contribution in [3.63, 3.8) is 0 Å². The summed E-state index contributed by atoms with van der Waals surface area (Å²) in [5, 5.41) is 0. The Morgan fingerprint density at radius 3 is 1.47 bits per heavy atom. The molecule has 0 aliphatic carbocycles. The van der Waals surface area contributed by atoms with Crippen molar-refractivity contribution in [2.45, 2.75) is 161 Å². The molecule has 202 valence electrons. The van der Waals surface area contributed by atoms with Crippen LogP contribution in [0.1, 0.15) is 137 Å². The summed E-state index contributed by atoms with van der Waals surface area (Å²) in [7, 11) is -1.98. The Morgan fingerprint density at radius 2 is 1.00 bits per heavy atom. The Morgan fingerprint density at radius 1 is 0.588 bits per heavy atom. The highest BCUT2D eigenvalue weighted by Crippen LogP contribution is 2.37. The second-order valence-corrected chi connectivity index (χ2v) is 15.5. The van der Waals surface area contributed by atoms with Gasteiger partial charge < -0.3 is 9.47 Å². The zero-order chi connectivity index (χ0) is 25.5. The molecule has 0 aliphatic rings. The summed E-state index contributed by atoms with van der Waals surface area (Å²) in [4.78, 5) is 26.0. The van der Waals surface area contributed by atoms with Crippen LogP contribution < -0.4 is 0 Å². The third kappa shape index (κ3) is 16.7. The van der Waals surface area contributed by atoms with Gasteiger partial charge in [0.15, 0.2) is 0 Å². The van der Waals surface area contributed by atoms with Crippen molar-refractivity contribution in [1.29, 1.82) is 0 Å². The minimum atomic E-state index is -1.98. The predicted molar refractivity (Wildman–Crippen MR) is 148 cm³/mol. The van der Waals surface area contributed by atoms with Gasteiger partial charge in [-0.1, -0.05) is 136 Å². The Kier molecular flexibility index (Phi) is 22.0. The minimum absolute atomic E-state index is 0.133. The summed E-state index contributed by atoms with van der Waals surface area (Å²) in [5.74, 6) is -0.340. The van der Waals surface area contributed by atoms with Gasteiger partial charge >= 0.3 is 11.9 Å². The van der Waals surface area contributed by atoms with Crippen LogP contribution >= 0.6 is 0 Å². The molecular formula is C29H58O4Si. The van der Waals surface area contributed by atoms with Gasteiger partial charge in [0.25, 0.3) is 0 Å². The highest BCUT2D eigenvalue weighted by Gasteiger charge is 2.42. The summed E-state index contributed by atoms with van der Waals surface area (Å²) in [6.07, 6.45) is 18.7. The summed E-state index contributed by atoms with van der Waals surface area (Å²) >= 11 is 0. The number of hydrogen-bond acceptors (Lipinski definition) is 4. The maximum absolute atomic E-state index is 13.3. The van der Waals surface area contributed by atoms with E-state index in [9.17, 15) is 9.59 Å². The van der Waals surface area contributed by atoms with Crippen LogP contribution in [0.25, 0.3) is 0 Å². The molecule has 0 radical (unpaired) electrons. The average Bonchev–Trinajstić information content (AvgIpc) is 2.83. The standard InChI is InChI=1S/C29H58O4Si/c1-6-10-14-16-18-20-22-32-28(30)26-27(34(5,24-12-8-3)25-13-9-4)29(31)33-23-21-19-17-15-11-7-2/h27H,6-26H2,1-5H3. The number of unbranched alkanes of at least 4 members (excludes halogenated alkanes) is 12. The highest BCUT2D eigenvalue weighted by molar-refractivity contribution is 6.82. The maximum atomic E-state index is 13.3. The third-order valence-corrected chi connectivity index (χ3v) is 12.3. The van der Waals surface area contributed by atoms with Crippen LogP contribution in [0.3, 0.4) is 0 Å². The van der Waals surface area contributed by atoms with Crippen molar-refractivity contribution in [1.82, 2.24) is 0 Å². The molecule has 5 heteroatoms. The molecule has 34 heavy (non-hydrogen) atoms. The molecule has 0 saturated heterocycles. The van der Waals surface area contributed by atoms with E-state index < -0.39 is 8.07 Å². The normalized spacial score (nSPS) is 12.5. The van der Waals surface area contributed by atoms with Gasteiger partial charge in [0, 0.05) is 0 Å². The molecule has 0 saturated carbocycles. The maximum Gasteiger partial charge on any atom is 0.306 e. The first kappa shape index (κ1) is 33.2. The molecule has 0 aromatic carbocycles. The third-order valence-electron chi connectivity index (χ3n) is 7.20. The van der Waals surface area contributed by atoms with E-state index in [0.717, 1.165) is 63.5 Å². The lowest BCUT2D eigenvalue weighted by Crippen LogP contribution is -2.42. The lowest BCUT2D eigenvalue weighted by atomic mass is 10.1. The number of carbonyl (C=O) groups is 2. The first-order chi connectivity index (χ1) is 16.4. The van der Waals surface area contributed by atoms with E-state index in [2.05, 4.69) is 34.2 Å². The van der Waals surface area contributed by atoms with E-state index in [-0.39, 0.29) is 23.9 Å². The first-order valence-electron chi connectivity index (χ1n) is 14.8. The number of carbonyl (C=O) groups excluding carboxylic acids is 2. The lowest BCUT2D eigenvalue weighted by Gasteiger charge is -2.34. The summed E-state index contributed by atoms with van der Waals surface area (Å²) in [6, 6.07) is 2.18. The van der Waals surface area contributed by atoms with Crippen LogP contribution in [0.15, 0.2) is 0 Å². The van der Waals surface area contributed by atoms with Crippen molar-refractivity contribution in [2.75, 3.05) is 13.2 Å². The molecule has 0 fully saturated rings. The fourth-order valence-corrected chi connectivity index (χ4v) is 9.28. The van der Waals surface area contributed by atoms with Crippen molar-refractivity contribution >= 4 is 20.0 Å². The molecule has 0 spiro atoms. The Bertz CT molecular complexity index is 487. The molecule has 0 heterocycles. The average molecular weight is 499 g/mol. The molecule has 1 atom stereocenters. The van der Waals surface area contributed by atoms with Crippen molar-refractivity contribution in [3.05, 3.63) is 0 Å². The molecular weight excluding hydrogens is 440 g/mol. The molecule has 0 bridgehead atoms. The van der Waals surface area contributed by atoms with E-state index in [1.807, 2.05) is 0 Å². The molecule has 4 nitrogen and oxygen atoms in total. The fraction of sp³-hybridized carbons (Fsp3) is 0.931. The van der Waals surface area contributed by atoms with E-state index in [4.69, 9.17) is 9.47 Å². The van der Waals surface area contributed by atoms with E-state index in [1.165, 1.54) is 51.4 Å². The largest absolute Gasteiger partial charge is 0.466 e. The van der Waals surface area contributed by atoms with Crippen LogP contribution in [0.5, 0.6) is 0 Å². The molecule has 0 aromatic heterocycles. The quantitative estimate of drug-likeness (QED) is 0.0755. The van der Waals surface area contributed by atoms with Gasteiger partial charge in [0.05, 0.1) is 33.2 Å². The van der Waals surface area contributed by atoms with Crippen molar-refractivity contribution in [3.8, 4) is 0 Å². The lowest BCUT2D eigenvalue weighted by molar-refractivity contribution is -0.150. The van der Waals surface area contributed by atoms with E-state index >= 15 is 0 Å². The minimum Gasteiger partial charge on any atom is -0.466 e. The van der Waals surface area contributed by atoms with Gasteiger partial charge in [-0.25, -0.2) is 0 Å². The number of rotatable bonds is 24. The van der Waals surface area contributed by atoms with Gasteiger partial charge in [0.1, 0.15) is 0 Å². The van der Waals surface area contributed by atoms with E-state index in [0.29, 0.717) is 13.2 Å². The molecule has 1 unspecified atom stereocenters. The number of ether oxygens (including phenoxy) is 2. The Balaban J connectivity index is 4.89. The molecule has 0 N–H and O–H groups in total. The zero-order valence-corrected chi connectivity index (χ0v) is 24.6.